The van der Waals surface area contributed by atoms with Crippen molar-refractivity contribution in [3.63, 3.8) is 0 Å². The third kappa shape index (κ3) is 2.14. The van der Waals surface area contributed by atoms with Gasteiger partial charge in [-0.15, -0.1) is 0 Å². The number of hydrogen-bond acceptors (Lipinski definition) is 4. The van der Waals surface area contributed by atoms with E-state index >= 15 is 0 Å². The van der Waals surface area contributed by atoms with Crippen LogP contribution in [0.15, 0.2) is 11.8 Å². The molecule has 0 atom stereocenters. The Labute approximate surface area is 52.3 Å². The molecule has 2 N–H and O–H groups in total. The van der Waals surface area contributed by atoms with Crippen LogP contribution < -0.4 is 0 Å². The van der Waals surface area contributed by atoms with E-state index in [0.29, 0.717) is 12.7 Å². The summed E-state index contributed by atoms with van der Waals surface area (Å²) in [5.41, 5.74) is 0.0394. The highest BCUT2D eigenvalue weighted by atomic mass is 17.1. The molecule has 0 aromatic rings. The molecule has 0 rings (SSSR count). The van der Waals surface area contributed by atoms with E-state index in [9.17, 15) is 4.79 Å². The van der Waals surface area contributed by atoms with Crippen molar-refractivity contribution < 1.29 is 20.0 Å². The molecule has 0 aromatic carbocycles. The first kappa shape index (κ1) is 7.97. The molecule has 0 aliphatic rings. The van der Waals surface area contributed by atoms with Gasteiger partial charge in [0, 0.05) is 0 Å². The highest BCUT2D eigenvalue weighted by Gasteiger charge is 2.07. The minimum atomic E-state index is -0.917. The normalized spacial score (nSPS) is 11.1. The molecule has 0 aliphatic heterocycles. The third-order valence-corrected chi connectivity index (χ3v) is 0.882. The Balaban J connectivity index is 3.97. The van der Waals surface area contributed by atoms with Crippen molar-refractivity contribution in [3.8, 4) is 0 Å². The van der Waals surface area contributed by atoms with Crippen LogP contribution in [0.2, 0.25) is 0 Å². The van der Waals surface area contributed by atoms with Crippen LogP contribution in [0.1, 0.15) is 13.3 Å². The van der Waals surface area contributed by atoms with Gasteiger partial charge in [-0.25, -0.2) is 4.79 Å². The van der Waals surface area contributed by atoms with Crippen LogP contribution in [-0.4, -0.2) is 16.3 Å². The predicted molar refractivity (Wildman–Crippen MR) is 29.7 cm³/mol. The SMILES string of the molecule is CCC(=CO)C(=O)OO. The molecule has 52 valence electrons. The van der Waals surface area contributed by atoms with Gasteiger partial charge in [0.25, 0.3) is 0 Å². The molecule has 0 bridgehead atoms. The Bertz CT molecular complexity index is 127. The molecule has 0 radical (unpaired) electrons. The zero-order valence-corrected chi connectivity index (χ0v) is 5.00. The minimum Gasteiger partial charge on any atom is -0.515 e. The van der Waals surface area contributed by atoms with Gasteiger partial charge in [-0.05, 0) is 6.42 Å². The van der Waals surface area contributed by atoms with Gasteiger partial charge in [0.2, 0.25) is 0 Å². The van der Waals surface area contributed by atoms with Crippen molar-refractivity contribution >= 4 is 5.97 Å². The smallest absolute Gasteiger partial charge is 0.371 e. The van der Waals surface area contributed by atoms with Crippen molar-refractivity contribution in [1.29, 1.82) is 0 Å². The highest BCUT2D eigenvalue weighted by molar-refractivity contribution is 5.87. The second-order valence-corrected chi connectivity index (χ2v) is 1.39. The van der Waals surface area contributed by atoms with Gasteiger partial charge < -0.3 is 5.11 Å². The van der Waals surface area contributed by atoms with Gasteiger partial charge >= 0.3 is 5.97 Å². The van der Waals surface area contributed by atoms with Gasteiger partial charge in [0.15, 0.2) is 0 Å². The van der Waals surface area contributed by atoms with E-state index in [4.69, 9.17) is 10.4 Å². The number of aliphatic hydroxyl groups is 1. The van der Waals surface area contributed by atoms with E-state index in [-0.39, 0.29) is 5.57 Å². The fourth-order valence-electron chi connectivity index (χ4n) is 0.347. The second-order valence-electron chi connectivity index (χ2n) is 1.39. The van der Waals surface area contributed by atoms with Gasteiger partial charge in [-0.1, -0.05) is 6.92 Å². The van der Waals surface area contributed by atoms with Gasteiger partial charge in [-0.3, -0.25) is 4.89 Å². The molecule has 4 heteroatoms. The lowest BCUT2D eigenvalue weighted by Gasteiger charge is -1.94. The maximum atomic E-state index is 10.3. The van der Waals surface area contributed by atoms with Gasteiger partial charge in [-0.2, -0.15) is 5.26 Å². The number of aliphatic hydroxyl groups excluding tert-OH is 1. The summed E-state index contributed by atoms with van der Waals surface area (Å²) in [6.45, 7) is 1.65. The summed E-state index contributed by atoms with van der Waals surface area (Å²) >= 11 is 0. The van der Waals surface area contributed by atoms with E-state index in [2.05, 4.69) is 4.89 Å². The van der Waals surface area contributed by atoms with Crippen LogP contribution in [0, 0.1) is 0 Å². The average Bonchev–Trinajstić information content (AvgIpc) is 1.90. The molecular formula is C5H8O4. The first-order valence-electron chi connectivity index (χ1n) is 2.45. The summed E-state index contributed by atoms with van der Waals surface area (Å²) in [4.78, 5) is 13.6. The van der Waals surface area contributed by atoms with E-state index < -0.39 is 5.97 Å². The Kier molecular flexibility index (Phi) is 3.46. The van der Waals surface area contributed by atoms with E-state index in [1.54, 1.807) is 6.92 Å². The van der Waals surface area contributed by atoms with Crippen LogP contribution in [0.25, 0.3) is 0 Å². The number of hydrogen-bond donors (Lipinski definition) is 2. The van der Waals surface area contributed by atoms with E-state index in [0.717, 1.165) is 0 Å². The molecule has 0 saturated heterocycles. The van der Waals surface area contributed by atoms with Gasteiger partial charge in [0.05, 0.1) is 11.8 Å². The monoisotopic (exact) mass is 132 g/mol. The standard InChI is InChI=1S/C5H8O4/c1-2-4(3-6)5(7)9-8/h3,6,8H,2H2,1H3. The fourth-order valence-corrected chi connectivity index (χ4v) is 0.347. The zero-order chi connectivity index (χ0) is 7.28. The highest BCUT2D eigenvalue weighted by Crippen LogP contribution is 1.99. The van der Waals surface area contributed by atoms with Crippen molar-refractivity contribution in [2.24, 2.45) is 0 Å². The van der Waals surface area contributed by atoms with Crippen LogP contribution >= 0.6 is 0 Å². The van der Waals surface area contributed by atoms with Crippen LogP contribution in [0.5, 0.6) is 0 Å². The third-order valence-electron chi connectivity index (χ3n) is 0.882. The predicted octanol–water partition coefficient (Wildman–Crippen LogP) is 0.855. The molecule has 4 nitrogen and oxygen atoms in total. The first-order valence-corrected chi connectivity index (χ1v) is 2.45. The van der Waals surface area contributed by atoms with Crippen molar-refractivity contribution in [1.82, 2.24) is 0 Å². The molecule has 0 unspecified atom stereocenters. The minimum absolute atomic E-state index is 0.0394. The summed E-state index contributed by atoms with van der Waals surface area (Å²) in [5.74, 6) is -0.917. The van der Waals surface area contributed by atoms with Crippen molar-refractivity contribution in [3.05, 3.63) is 11.8 Å². The van der Waals surface area contributed by atoms with Crippen molar-refractivity contribution in [2.45, 2.75) is 13.3 Å². The van der Waals surface area contributed by atoms with Crippen LogP contribution in [-0.2, 0) is 9.68 Å². The number of carbonyl (C=O) groups is 1. The Morgan fingerprint density at radius 1 is 1.78 bits per heavy atom. The topological polar surface area (TPSA) is 66.8 Å². The van der Waals surface area contributed by atoms with Crippen LogP contribution in [0.4, 0.5) is 0 Å². The molecule has 0 spiro atoms. The molecule has 0 aliphatic carbocycles. The molecule has 0 amide bonds. The maximum absolute atomic E-state index is 10.3. The average molecular weight is 132 g/mol. The lowest BCUT2D eigenvalue weighted by Crippen LogP contribution is -2.03. The summed E-state index contributed by atoms with van der Waals surface area (Å²) in [6, 6.07) is 0. The van der Waals surface area contributed by atoms with Crippen LogP contribution in [0.3, 0.4) is 0 Å². The first-order chi connectivity index (χ1) is 4.26. The second kappa shape index (κ2) is 3.91. The lowest BCUT2D eigenvalue weighted by molar-refractivity contribution is -0.229. The summed E-state index contributed by atoms with van der Waals surface area (Å²) in [6.07, 6.45) is 0.939. The Hall–Kier alpha value is -1.03. The molecule has 0 saturated carbocycles. The Morgan fingerprint density at radius 2 is 2.33 bits per heavy atom. The molecule has 0 aromatic heterocycles. The summed E-state index contributed by atoms with van der Waals surface area (Å²) in [7, 11) is 0. The molecule has 0 heterocycles. The quantitative estimate of drug-likeness (QED) is 0.253. The van der Waals surface area contributed by atoms with Crippen molar-refractivity contribution in [2.75, 3.05) is 0 Å². The fraction of sp³-hybridized carbons (Fsp3) is 0.400. The lowest BCUT2D eigenvalue weighted by atomic mass is 10.2. The molecule has 0 fully saturated rings. The Morgan fingerprint density at radius 3 is 2.44 bits per heavy atom. The number of rotatable bonds is 2. The zero-order valence-electron chi connectivity index (χ0n) is 5.00. The summed E-state index contributed by atoms with van der Waals surface area (Å²) < 4.78 is 0. The van der Waals surface area contributed by atoms with E-state index in [1.807, 2.05) is 0 Å². The molecular weight excluding hydrogens is 124 g/mol. The largest absolute Gasteiger partial charge is 0.515 e. The maximum Gasteiger partial charge on any atom is 0.371 e. The number of carbonyl (C=O) groups excluding carboxylic acids is 1. The molecule has 9 heavy (non-hydrogen) atoms. The van der Waals surface area contributed by atoms with Gasteiger partial charge in [0.1, 0.15) is 0 Å². The summed E-state index contributed by atoms with van der Waals surface area (Å²) in [5, 5.41) is 16.0. The van der Waals surface area contributed by atoms with E-state index in [1.165, 1.54) is 0 Å².